The van der Waals surface area contributed by atoms with E-state index in [4.69, 9.17) is 33.8 Å². The number of halogens is 2. The molecule has 1 aromatic carbocycles. The van der Waals surface area contributed by atoms with Crippen LogP contribution in [-0.4, -0.2) is 56.7 Å². The highest BCUT2D eigenvalue weighted by molar-refractivity contribution is 7.99. The lowest BCUT2D eigenvalue weighted by molar-refractivity contribution is -0.140. The number of hydrogen-bond acceptors (Lipinski definition) is 6. The molecule has 1 aliphatic rings. The second kappa shape index (κ2) is 8.04. The van der Waals surface area contributed by atoms with E-state index in [1.54, 1.807) is 23.1 Å². The molecule has 0 aliphatic carbocycles. The zero-order chi connectivity index (χ0) is 18.8. The molecular weight excluding hydrogens is 397 g/mol. The number of nitrogens with two attached hydrogens (primary N) is 1. The second-order valence-corrected chi connectivity index (χ2v) is 7.93. The molecule has 1 aliphatic heterocycles. The van der Waals surface area contributed by atoms with E-state index in [-0.39, 0.29) is 23.9 Å². The predicted molar refractivity (Wildman–Crippen MR) is 103 cm³/mol. The van der Waals surface area contributed by atoms with Crippen LogP contribution in [0.3, 0.4) is 0 Å². The van der Waals surface area contributed by atoms with Crippen molar-refractivity contribution in [2.45, 2.75) is 31.2 Å². The monoisotopic (exact) mass is 415 g/mol. The molecule has 0 unspecified atom stereocenters. The van der Waals surface area contributed by atoms with Crippen LogP contribution in [0.25, 0.3) is 11.4 Å². The van der Waals surface area contributed by atoms with Gasteiger partial charge in [-0.3, -0.25) is 4.79 Å². The van der Waals surface area contributed by atoms with Gasteiger partial charge in [0.05, 0.1) is 23.0 Å². The van der Waals surface area contributed by atoms with E-state index in [1.807, 2.05) is 13.8 Å². The Hall–Kier alpha value is -1.48. The second-order valence-electron chi connectivity index (χ2n) is 6.15. The first-order valence-corrected chi connectivity index (χ1v) is 9.81. The summed E-state index contributed by atoms with van der Waals surface area (Å²) in [5.74, 6) is 6.71. The van der Waals surface area contributed by atoms with Crippen LogP contribution in [0.2, 0.25) is 10.0 Å². The minimum Gasteiger partial charge on any atom is -0.372 e. The zero-order valence-electron chi connectivity index (χ0n) is 14.4. The number of nitrogen functional groups attached to an aromatic ring is 1. The van der Waals surface area contributed by atoms with Crippen molar-refractivity contribution in [3.63, 3.8) is 0 Å². The highest BCUT2D eigenvalue weighted by atomic mass is 35.5. The summed E-state index contributed by atoms with van der Waals surface area (Å²) >= 11 is 13.4. The summed E-state index contributed by atoms with van der Waals surface area (Å²) in [7, 11) is 0. The van der Waals surface area contributed by atoms with Gasteiger partial charge in [0.15, 0.2) is 5.82 Å². The fraction of sp³-hybridized carbons (Fsp3) is 0.438. The van der Waals surface area contributed by atoms with Crippen molar-refractivity contribution in [1.82, 2.24) is 19.8 Å². The molecular formula is C16H19Cl2N5O2S. The summed E-state index contributed by atoms with van der Waals surface area (Å²) in [6.45, 7) is 5.09. The minimum absolute atomic E-state index is 0.0161. The maximum absolute atomic E-state index is 12.5. The van der Waals surface area contributed by atoms with E-state index in [0.29, 0.717) is 39.7 Å². The van der Waals surface area contributed by atoms with Gasteiger partial charge in [-0.15, -0.1) is 10.2 Å². The van der Waals surface area contributed by atoms with Gasteiger partial charge in [0.2, 0.25) is 11.1 Å². The molecule has 3 rings (SSSR count). The summed E-state index contributed by atoms with van der Waals surface area (Å²) in [5.41, 5.74) is 0.586. The fourth-order valence-corrected chi connectivity index (χ4v) is 3.96. The number of benzene rings is 1. The number of nitrogens with zero attached hydrogens (tertiary/aromatic N) is 4. The molecule has 2 heterocycles. The van der Waals surface area contributed by atoms with Crippen LogP contribution in [0, 0.1) is 0 Å². The summed E-state index contributed by atoms with van der Waals surface area (Å²) < 4.78 is 6.97. The number of ether oxygens (including phenoxy) is 1. The predicted octanol–water partition coefficient (Wildman–Crippen LogP) is 2.69. The number of thioether (sulfide) groups is 1. The molecule has 140 valence electrons. The molecule has 26 heavy (non-hydrogen) atoms. The van der Waals surface area contributed by atoms with Crippen molar-refractivity contribution in [3.8, 4) is 11.4 Å². The number of rotatable bonds is 4. The molecule has 0 bridgehead atoms. The molecule has 0 spiro atoms. The third-order valence-electron chi connectivity index (χ3n) is 3.93. The lowest BCUT2D eigenvalue weighted by atomic mass is 10.2. The van der Waals surface area contributed by atoms with Crippen LogP contribution in [0.5, 0.6) is 0 Å². The first kappa shape index (κ1) is 19.3. The zero-order valence-corrected chi connectivity index (χ0v) is 16.7. The highest BCUT2D eigenvalue weighted by Gasteiger charge is 2.26. The third-order valence-corrected chi connectivity index (χ3v) is 5.42. The van der Waals surface area contributed by atoms with Crippen LogP contribution in [0.1, 0.15) is 13.8 Å². The molecule has 2 atom stereocenters. The summed E-state index contributed by atoms with van der Waals surface area (Å²) in [6.07, 6.45) is 0.0601. The molecule has 0 radical (unpaired) electrons. The Balaban J connectivity index is 1.69. The van der Waals surface area contributed by atoms with Gasteiger partial charge in [0.25, 0.3) is 0 Å². The standard InChI is InChI=1S/C16H19Cl2N5O2S/c1-9-6-22(7-10(2)25-9)14(24)8-26-16-21-20-15(23(16)19)12-5-11(17)3-4-13(12)18/h3-5,9-10H,6-8,19H2,1-2H3/t9-,10-/m0/s1. The Labute approximate surface area is 165 Å². The van der Waals surface area contributed by atoms with E-state index in [1.165, 1.54) is 16.4 Å². The Morgan fingerprint density at radius 1 is 1.31 bits per heavy atom. The molecule has 10 heteroatoms. The van der Waals surface area contributed by atoms with Crippen LogP contribution in [-0.2, 0) is 9.53 Å². The Morgan fingerprint density at radius 3 is 2.69 bits per heavy atom. The summed E-state index contributed by atoms with van der Waals surface area (Å²) in [6, 6.07) is 5.03. The van der Waals surface area contributed by atoms with E-state index < -0.39 is 0 Å². The smallest absolute Gasteiger partial charge is 0.233 e. The van der Waals surface area contributed by atoms with E-state index in [2.05, 4.69) is 10.2 Å². The van der Waals surface area contributed by atoms with Gasteiger partial charge < -0.3 is 15.5 Å². The molecule has 7 nitrogen and oxygen atoms in total. The van der Waals surface area contributed by atoms with Gasteiger partial charge in [0.1, 0.15) is 0 Å². The van der Waals surface area contributed by atoms with Crippen molar-refractivity contribution < 1.29 is 9.53 Å². The molecule has 0 saturated carbocycles. The fourth-order valence-electron chi connectivity index (χ4n) is 2.83. The van der Waals surface area contributed by atoms with E-state index in [0.717, 1.165) is 0 Å². The van der Waals surface area contributed by atoms with Gasteiger partial charge in [-0.25, -0.2) is 4.68 Å². The van der Waals surface area contributed by atoms with Crippen molar-refractivity contribution in [1.29, 1.82) is 0 Å². The van der Waals surface area contributed by atoms with Gasteiger partial charge >= 0.3 is 0 Å². The van der Waals surface area contributed by atoms with Crippen LogP contribution in [0.4, 0.5) is 0 Å². The van der Waals surface area contributed by atoms with Crippen molar-refractivity contribution in [2.75, 3.05) is 24.7 Å². The molecule has 1 amide bonds. The lowest BCUT2D eigenvalue weighted by Gasteiger charge is -2.35. The normalized spacial score (nSPS) is 20.4. The molecule has 1 aromatic heterocycles. The van der Waals surface area contributed by atoms with Crippen LogP contribution >= 0.6 is 35.0 Å². The maximum Gasteiger partial charge on any atom is 0.233 e. The number of carbonyl (C=O) groups excluding carboxylic acids is 1. The minimum atomic E-state index is 0.0161. The summed E-state index contributed by atoms with van der Waals surface area (Å²) in [5, 5.41) is 9.57. The van der Waals surface area contributed by atoms with Crippen LogP contribution in [0.15, 0.2) is 23.4 Å². The Bertz CT molecular complexity index is 806. The van der Waals surface area contributed by atoms with Gasteiger partial charge in [-0.1, -0.05) is 35.0 Å². The van der Waals surface area contributed by atoms with Gasteiger partial charge in [0, 0.05) is 23.7 Å². The molecule has 1 fully saturated rings. The lowest BCUT2D eigenvalue weighted by Crippen LogP contribution is -2.48. The average molecular weight is 416 g/mol. The molecule has 1 saturated heterocycles. The first-order valence-electron chi connectivity index (χ1n) is 8.07. The average Bonchev–Trinajstić information content (AvgIpc) is 2.94. The molecule has 2 aromatic rings. The maximum atomic E-state index is 12.5. The molecule has 2 N–H and O–H groups in total. The first-order chi connectivity index (χ1) is 12.3. The van der Waals surface area contributed by atoms with Crippen molar-refractivity contribution in [2.24, 2.45) is 0 Å². The van der Waals surface area contributed by atoms with Gasteiger partial charge in [-0.2, -0.15) is 0 Å². The number of hydrogen-bond donors (Lipinski definition) is 1. The topological polar surface area (TPSA) is 86.3 Å². The van der Waals surface area contributed by atoms with E-state index >= 15 is 0 Å². The number of aromatic nitrogens is 3. The largest absolute Gasteiger partial charge is 0.372 e. The SMILES string of the molecule is C[C@H]1CN(C(=O)CSc2nnc(-c3cc(Cl)ccc3Cl)n2N)C[C@H](C)O1. The van der Waals surface area contributed by atoms with Crippen LogP contribution < -0.4 is 5.84 Å². The quantitative estimate of drug-likeness (QED) is 0.609. The third kappa shape index (κ3) is 4.25. The number of morpholine rings is 1. The van der Waals surface area contributed by atoms with E-state index in [9.17, 15) is 4.79 Å². The highest BCUT2D eigenvalue weighted by Crippen LogP contribution is 2.30. The number of amides is 1. The number of carbonyl (C=O) groups is 1. The van der Waals surface area contributed by atoms with Gasteiger partial charge in [-0.05, 0) is 32.0 Å². The Morgan fingerprint density at radius 2 is 2.00 bits per heavy atom. The summed E-state index contributed by atoms with van der Waals surface area (Å²) in [4.78, 5) is 14.3. The van der Waals surface area contributed by atoms with Crippen molar-refractivity contribution in [3.05, 3.63) is 28.2 Å². The van der Waals surface area contributed by atoms with Crippen molar-refractivity contribution >= 4 is 40.9 Å². The Kier molecular flexibility index (Phi) is 5.96.